The van der Waals surface area contributed by atoms with Crippen LogP contribution in [0.1, 0.15) is 35.8 Å². The number of carbonyl (C=O) groups is 1. The van der Waals surface area contributed by atoms with Crippen LogP contribution >= 0.6 is 11.3 Å². The number of nitrogens with zero attached hydrogens (tertiary/aromatic N) is 4. The van der Waals surface area contributed by atoms with E-state index in [1.165, 1.54) is 11.3 Å². The van der Waals surface area contributed by atoms with Crippen LogP contribution in [-0.4, -0.2) is 39.1 Å². The summed E-state index contributed by atoms with van der Waals surface area (Å²) in [5.41, 5.74) is 0.863. The second-order valence-electron chi connectivity index (χ2n) is 4.48. The van der Waals surface area contributed by atoms with Crippen molar-refractivity contribution < 1.29 is 4.79 Å². The van der Waals surface area contributed by atoms with Crippen molar-refractivity contribution in [3.05, 3.63) is 35.1 Å². The zero-order chi connectivity index (χ0) is 15.1. The Morgan fingerprint density at radius 3 is 2.86 bits per heavy atom. The highest BCUT2D eigenvalue weighted by atomic mass is 32.1. The molecule has 112 valence electrons. The molecular formula is C14H19N5OS. The first-order valence-electron chi connectivity index (χ1n) is 7.01. The van der Waals surface area contributed by atoms with Crippen LogP contribution in [0.2, 0.25) is 0 Å². The van der Waals surface area contributed by atoms with Gasteiger partial charge in [-0.25, -0.2) is 0 Å². The van der Waals surface area contributed by atoms with E-state index in [-0.39, 0.29) is 5.91 Å². The summed E-state index contributed by atoms with van der Waals surface area (Å²) in [6.45, 7) is 5.93. The average Bonchev–Trinajstić information content (AvgIpc) is 3.00. The van der Waals surface area contributed by atoms with Crippen LogP contribution in [0.4, 0.5) is 5.13 Å². The molecule has 0 fully saturated rings. The fraction of sp³-hybridized carbons (Fsp3) is 0.429. The first kappa shape index (κ1) is 15.4. The number of anilines is 1. The van der Waals surface area contributed by atoms with E-state index < -0.39 is 0 Å². The van der Waals surface area contributed by atoms with E-state index in [1.54, 1.807) is 11.1 Å². The SMILES string of the molecule is CCCNc1nnc(C(=O)N(CC)Cc2ccccn2)s1. The molecule has 0 aromatic carbocycles. The molecule has 0 aliphatic carbocycles. The highest BCUT2D eigenvalue weighted by Gasteiger charge is 2.19. The van der Waals surface area contributed by atoms with Crippen molar-refractivity contribution in [3.63, 3.8) is 0 Å². The lowest BCUT2D eigenvalue weighted by atomic mass is 10.3. The Labute approximate surface area is 128 Å². The lowest BCUT2D eigenvalue weighted by molar-refractivity contribution is 0.0749. The smallest absolute Gasteiger partial charge is 0.285 e. The fourth-order valence-corrected chi connectivity index (χ4v) is 2.50. The van der Waals surface area contributed by atoms with E-state index in [1.807, 2.05) is 25.1 Å². The minimum absolute atomic E-state index is 0.106. The molecule has 2 heterocycles. The minimum atomic E-state index is -0.106. The third kappa shape index (κ3) is 4.22. The van der Waals surface area contributed by atoms with Gasteiger partial charge in [-0.2, -0.15) is 0 Å². The lowest BCUT2D eigenvalue weighted by Gasteiger charge is -2.18. The largest absolute Gasteiger partial charge is 0.360 e. The summed E-state index contributed by atoms with van der Waals surface area (Å²) in [6.07, 6.45) is 2.73. The number of rotatable bonds is 7. The molecule has 0 radical (unpaired) electrons. The Balaban J connectivity index is 2.04. The summed E-state index contributed by atoms with van der Waals surface area (Å²) in [4.78, 5) is 18.4. The molecule has 1 amide bonds. The fourth-order valence-electron chi connectivity index (χ4n) is 1.76. The predicted octanol–water partition coefficient (Wildman–Crippen LogP) is 2.42. The Hall–Kier alpha value is -2.02. The van der Waals surface area contributed by atoms with Gasteiger partial charge in [0, 0.05) is 19.3 Å². The van der Waals surface area contributed by atoms with Gasteiger partial charge in [-0.1, -0.05) is 24.3 Å². The standard InChI is InChI=1S/C14H19N5OS/c1-3-8-16-14-18-17-12(21-14)13(20)19(4-2)10-11-7-5-6-9-15-11/h5-7,9H,3-4,8,10H2,1-2H3,(H,16,18). The summed E-state index contributed by atoms with van der Waals surface area (Å²) in [5, 5.41) is 12.2. The van der Waals surface area contributed by atoms with Crippen molar-refractivity contribution in [1.29, 1.82) is 0 Å². The monoisotopic (exact) mass is 305 g/mol. The number of hydrogen-bond acceptors (Lipinski definition) is 6. The van der Waals surface area contributed by atoms with Crippen molar-refractivity contribution >= 4 is 22.4 Å². The zero-order valence-electron chi connectivity index (χ0n) is 12.2. The molecule has 1 N–H and O–H groups in total. The van der Waals surface area contributed by atoms with Gasteiger partial charge in [0.25, 0.3) is 5.91 Å². The van der Waals surface area contributed by atoms with Gasteiger partial charge in [0.1, 0.15) is 0 Å². The number of amides is 1. The molecule has 0 aliphatic heterocycles. The van der Waals surface area contributed by atoms with Crippen LogP contribution in [0.5, 0.6) is 0 Å². The zero-order valence-corrected chi connectivity index (χ0v) is 13.1. The Kier molecular flexibility index (Phi) is 5.62. The highest BCUT2D eigenvalue weighted by molar-refractivity contribution is 7.17. The first-order valence-corrected chi connectivity index (χ1v) is 7.82. The Morgan fingerprint density at radius 1 is 1.33 bits per heavy atom. The molecule has 2 aromatic heterocycles. The lowest BCUT2D eigenvalue weighted by Crippen LogP contribution is -2.30. The second kappa shape index (κ2) is 7.68. The second-order valence-corrected chi connectivity index (χ2v) is 5.46. The van der Waals surface area contributed by atoms with Gasteiger partial charge in [0.15, 0.2) is 0 Å². The van der Waals surface area contributed by atoms with E-state index >= 15 is 0 Å². The quantitative estimate of drug-likeness (QED) is 0.850. The highest BCUT2D eigenvalue weighted by Crippen LogP contribution is 2.17. The topological polar surface area (TPSA) is 71.0 Å². The maximum absolute atomic E-state index is 12.4. The molecule has 0 bridgehead atoms. The predicted molar refractivity (Wildman–Crippen MR) is 83.3 cm³/mol. The van der Waals surface area contributed by atoms with E-state index in [0.29, 0.717) is 23.2 Å². The van der Waals surface area contributed by atoms with Crippen LogP contribution in [0.25, 0.3) is 0 Å². The average molecular weight is 305 g/mol. The van der Waals surface area contributed by atoms with Crippen LogP contribution in [0.3, 0.4) is 0 Å². The number of hydrogen-bond donors (Lipinski definition) is 1. The van der Waals surface area contributed by atoms with E-state index in [0.717, 1.165) is 18.7 Å². The normalized spacial score (nSPS) is 10.4. The maximum atomic E-state index is 12.4. The van der Waals surface area contributed by atoms with Crippen molar-refractivity contribution in [3.8, 4) is 0 Å². The third-order valence-corrected chi connectivity index (χ3v) is 3.75. The number of nitrogens with one attached hydrogen (secondary N) is 1. The molecule has 0 spiro atoms. The summed E-state index contributed by atoms with van der Waals surface area (Å²) in [5.74, 6) is -0.106. The van der Waals surface area contributed by atoms with Gasteiger partial charge in [-0.3, -0.25) is 9.78 Å². The maximum Gasteiger partial charge on any atom is 0.285 e. The Bertz CT molecular complexity index is 572. The molecule has 0 saturated carbocycles. The van der Waals surface area contributed by atoms with Gasteiger partial charge in [-0.15, -0.1) is 10.2 Å². The summed E-state index contributed by atoms with van der Waals surface area (Å²) in [6, 6.07) is 5.68. The number of aromatic nitrogens is 3. The molecule has 2 aromatic rings. The van der Waals surface area contributed by atoms with Crippen LogP contribution < -0.4 is 5.32 Å². The van der Waals surface area contributed by atoms with E-state index in [4.69, 9.17) is 0 Å². The van der Waals surface area contributed by atoms with Crippen molar-refractivity contribution in [1.82, 2.24) is 20.1 Å². The summed E-state index contributed by atoms with van der Waals surface area (Å²) < 4.78 is 0. The van der Waals surface area contributed by atoms with Crippen molar-refractivity contribution in [2.24, 2.45) is 0 Å². The molecule has 0 saturated heterocycles. The molecule has 0 atom stereocenters. The molecule has 6 nitrogen and oxygen atoms in total. The van der Waals surface area contributed by atoms with Crippen LogP contribution in [-0.2, 0) is 6.54 Å². The van der Waals surface area contributed by atoms with E-state index in [2.05, 4.69) is 27.4 Å². The molecule has 2 rings (SSSR count). The first-order chi connectivity index (χ1) is 10.2. The van der Waals surface area contributed by atoms with Gasteiger partial charge < -0.3 is 10.2 Å². The van der Waals surface area contributed by atoms with Gasteiger partial charge >= 0.3 is 0 Å². The van der Waals surface area contributed by atoms with Crippen molar-refractivity contribution in [2.45, 2.75) is 26.8 Å². The van der Waals surface area contributed by atoms with Gasteiger partial charge in [-0.05, 0) is 25.5 Å². The van der Waals surface area contributed by atoms with Crippen molar-refractivity contribution in [2.75, 3.05) is 18.4 Å². The molecule has 21 heavy (non-hydrogen) atoms. The van der Waals surface area contributed by atoms with Crippen LogP contribution in [0.15, 0.2) is 24.4 Å². The minimum Gasteiger partial charge on any atom is -0.360 e. The molecule has 0 aliphatic rings. The Morgan fingerprint density at radius 2 is 2.19 bits per heavy atom. The molecule has 0 unspecified atom stereocenters. The molecular weight excluding hydrogens is 286 g/mol. The van der Waals surface area contributed by atoms with E-state index in [9.17, 15) is 4.79 Å². The number of pyridine rings is 1. The summed E-state index contributed by atoms with van der Waals surface area (Å²) in [7, 11) is 0. The van der Waals surface area contributed by atoms with Crippen LogP contribution in [0, 0.1) is 0 Å². The summed E-state index contributed by atoms with van der Waals surface area (Å²) >= 11 is 1.29. The van der Waals surface area contributed by atoms with Gasteiger partial charge in [0.05, 0.1) is 12.2 Å². The number of carbonyl (C=O) groups excluding carboxylic acids is 1. The third-order valence-electron chi connectivity index (χ3n) is 2.88. The molecule has 7 heteroatoms. The van der Waals surface area contributed by atoms with Gasteiger partial charge in [0.2, 0.25) is 10.1 Å².